The summed E-state index contributed by atoms with van der Waals surface area (Å²) in [5.74, 6) is -0.426. The molecule has 2 aromatic heterocycles. The number of carbonyl (C=O) groups excluding carboxylic acids is 1. The standard InChI is InChI=1S/C17H16FN5O2/c18-12-3-1-2-11(6-12)7-15(24)22-5-4-13(9-22)23-16-14(21-17(23)25)8-19-10-20-16/h1-3,6,8,10,13H,4-5,7,9H2,(H,21,25)/t13-/m0/s1. The molecule has 0 bridgehead atoms. The van der Waals surface area contributed by atoms with E-state index in [0.717, 1.165) is 0 Å². The predicted molar refractivity (Wildman–Crippen MR) is 88.5 cm³/mol. The second-order valence-electron chi connectivity index (χ2n) is 6.15. The van der Waals surface area contributed by atoms with Crippen molar-refractivity contribution >= 4 is 17.1 Å². The number of rotatable bonds is 3. The molecule has 1 aliphatic rings. The third-order valence-corrected chi connectivity index (χ3v) is 4.51. The third-order valence-electron chi connectivity index (χ3n) is 4.51. The molecule has 3 heterocycles. The third kappa shape index (κ3) is 2.90. The van der Waals surface area contributed by atoms with Crippen LogP contribution in [0, 0.1) is 5.82 Å². The minimum absolute atomic E-state index is 0.0735. The van der Waals surface area contributed by atoms with Crippen molar-refractivity contribution in [2.75, 3.05) is 13.1 Å². The van der Waals surface area contributed by atoms with Gasteiger partial charge in [0.15, 0.2) is 5.65 Å². The Labute approximate surface area is 142 Å². The average Bonchev–Trinajstić information content (AvgIpc) is 3.18. The van der Waals surface area contributed by atoms with Crippen LogP contribution in [0.1, 0.15) is 18.0 Å². The van der Waals surface area contributed by atoms with E-state index < -0.39 is 0 Å². The number of hydrogen-bond donors (Lipinski definition) is 1. The van der Waals surface area contributed by atoms with Crippen LogP contribution >= 0.6 is 0 Å². The molecule has 3 aromatic rings. The van der Waals surface area contributed by atoms with Crippen LogP contribution in [-0.4, -0.2) is 43.4 Å². The first-order valence-electron chi connectivity index (χ1n) is 8.04. The van der Waals surface area contributed by atoms with Gasteiger partial charge in [0.05, 0.1) is 18.7 Å². The van der Waals surface area contributed by atoms with Crippen LogP contribution in [0.3, 0.4) is 0 Å². The zero-order chi connectivity index (χ0) is 17.4. The number of hydrogen-bond acceptors (Lipinski definition) is 4. The Kier molecular flexibility index (Phi) is 3.79. The quantitative estimate of drug-likeness (QED) is 0.778. The lowest BCUT2D eigenvalue weighted by molar-refractivity contribution is -0.129. The highest BCUT2D eigenvalue weighted by molar-refractivity contribution is 5.79. The van der Waals surface area contributed by atoms with Gasteiger partial charge in [0, 0.05) is 13.1 Å². The van der Waals surface area contributed by atoms with E-state index in [9.17, 15) is 14.0 Å². The first-order valence-corrected chi connectivity index (χ1v) is 8.04. The molecule has 0 aliphatic carbocycles. The van der Waals surface area contributed by atoms with Crippen LogP contribution in [-0.2, 0) is 11.2 Å². The summed E-state index contributed by atoms with van der Waals surface area (Å²) in [5, 5.41) is 0. The van der Waals surface area contributed by atoms with Gasteiger partial charge in [-0.3, -0.25) is 9.36 Å². The highest BCUT2D eigenvalue weighted by Crippen LogP contribution is 2.23. The van der Waals surface area contributed by atoms with E-state index in [0.29, 0.717) is 36.2 Å². The number of nitrogens with one attached hydrogen (secondary N) is 1. The van der Waals surface area contributed by atoms with E-state index in [1.54, 1.807) is 27.8 Å². The lowest BCUT2D eigenvalue weighted by atomic mass is 10.1. The molecule has 1 saturated heterocycles. The van der Waals surface area contributed by atoms with Gasteiger partial charge < -0.3 is 9.88 Å². The molecule has 128 valence electrons. The Balaban J connectivity index is 1.52. The van der Waals surface area contributed by atoms with E-state index in [1.807, 2.05) is 0 Å². The Morgan fingerprint density at radius 3 is 3.12 bits per heavy atom. The number of aromatic nitrogens is 4. The average molecular weight is 341 g/mol. The number of carbonyl (C=O) groups is 1. The lowest BCUT2D eigenvalue weighted by Gasteiger charge is -2.17. The number of nitrogens with zero attached hydrogens (tertiary/aromatic N) is 4. The number of fused-ring (bicyclic) bond motifs is 1. The highest BCUT2D eigenvalue weighted by Gasteiger charge is 2.29. The van der Waals surface area contributed by atoms with Gasteiger partial charge in [0.2, 0.25) is 5.91 Å². The molecule has 8 heteroatoms. The van der Waals surface area contributed by atoms with Crippen molar-refractivity contribution in [3.05, 3.63) is 58.7 Å². The van der Waals surface area contributed by atoms with Gasteiger partial charge in [-0.25, -0.2) is 19.2 Å². The molecule has 25 heavy (non-hydrogen) atoms. The Bertz CT molecular complexity index is 996. The number of halogens is 1. The van der Waals surface area contributed by atoms with Crippen molar-refractivity contribution < 1.29 is 9.18 Å². The Hall–Kier alpha value is -3.03. The van der Waals surface area contributed by atoms with Gasteiger partial charge in [0.25, 0.3) is 0 Å². The number of amides is 1. The summed E-state index contributed by atoms with van der Waals surface area (Å²) >= 11 is 0. The fourth-order valence-corrected chi connectivity index (χ4v) is 3.33. The van der Waals surface area contributed by atoms with Crippen molar-refractivity contribution in [2.45, 2.75) is 18.9 Å². The van der Waals surface area contributed by atoms with Crippen LogP contribution in [0.5, 0.6) is 0 Å². The zero-order valence-electron chi connectivity index (χ0n) is 13.4. The minimum Gasteiger partial charge on any atom is -0.340 e. The summed E-state index contributed by atoms with van der Waals surface area (Å²) in [6.07, 6.45) is 3.77. The van der Waals surface area contributed by atoms with Crippen LogP contribution in [0.15, 0.2) is 41.6 Å². The summed E-state index contributed by atoms with van der Waals surface area (Å²) in [6, 6.07) is 5.91. The number of benzene rings is 1. The topological polar surface area (TPSA) is 83.9 Å². The molecule has 1 N–H and O–H groups in total. The molecule has 1 aliphatic heterocycles. The van der Waals surface area contributed by atoms with Crippen LogP contribution in [0.25, 0.3) is 11.2 Å². The zero-order valence-corrected chi connectivity index (χ0v) is 13.4. The second-order valence-corrected chi connectivity index (χ2v) is 6.15. The van der Waals surface area contributed by atoms with Crippen LogP contribution < -0.4 is 5.69 Å². The van der Waals surface area contributed by atoms with E-state index in [2.05, 4.69) is 15.0 Å². The Morgan fingerprint density at radius 2 is 2.28 bits per heavy atom. The largest absolute Gasteiger partial charge is 0.340 e. The molecular formula is C17H16FN5O2. The fraction of sp³-hybridized carbons (Fsp3) is 0.294. The normalized spacial score (nSPS) is 17.3. The first kappa shape index (κ1) is 15.5. The van der Waals surface area contributed by atoms with Crippen LogP contribution in [0.2, 0.25) is 0 Å². The first-order chi connectivity index (χ1) is 12.1. The fourth-order valence-electron chi connectivity index (χ4n) is 3.33. The van der Waals surface area contributed by atoms with Crippen molar-refractivity contribution in [3.8, 4) is 0 Å². The van der Waals surface area contributed by atoms with E-state index >= 15 is 0 Å². The smallest absolute Gasteiger partial charge is 0.328 e. The molecule has 1 fully saturated rings. The maximum atomic E-state index is 13.3. The maximum Gasteiger partial charge on any atom is 0.328 e. The summed E-state index contributed by atoms with van der Waals surface area (Å²) < 4.78 is 14.8. The predicted octanol–water partition coefficient (Wildman–Crippen LogP) is 1.27. The summed E-state index contributed by atoms with van der Waals surface area (Å²) in [6.45, 7) is 0.994. The summed E-state index contributed by atoms with van der Waals surface area (Å²) in [5.41, 5.74) is 1.52. The van der Waals surface area contributed by atoms with E-state index in [1.165, 1.54) is 18.5 Å². The van der Waals surface area contributed by atoms with Crippen LogP contribution in [0.4, 0.5) is 4.39 Å². The van der Waals surface area contributed by atoms with Crippen molar-refractivity contribution in [3.63, 3.8) is 0 Å². The lowest BCUT2D eigenvalue weighted by Crippen LogP contribution is -2.32. The number of imidazole rings is 1. The SMILES string of the molecule is O=C(Cc1cccc(F)c1)N1CC[C@H](n2c(=O)[nH]c3cncnc32)C1. The number of H-pyrrole nitrogens is 1. The second kappa shape index (κ2) is 6.12. The van der Waals surface area contributed by atoms with Gasteiger partial charge >= 0.3 is 5.69 Å². The molecule has 0 saturated carbocycles. The van der Waals surface area contributed by atoms with E-state index in [-0.39, 0.29) is 29.9 Å². The maximum absolute atomic E-state index is 13.3. The Morgan fingerprint density at radius 1 is 1.40 bits per heavy atom. The number of likely N-dealkylation sites (tertiary alicyclic amines) is 1. The van der Waals surface area contributed by atoms with E-state index in [4.69, 9.17) is 0 Å². The molecule has 1 aromatic carbocycles. The minimum atomic E-state index is -0.352. The highest BCUT2D eigenvalue weighted by atomic mass is 19.1. The van der Waals surface area contributed by atoms with Gasteiger partial charge in [-0.2, -0.15) is 0 Å². The van der Waals surface area contributed by atoms with Gasteiger partial charge in [-0.15, -0.1) is 0 Å². The van der Waals surface area contributed by atoms with Gasteiger partial charge in [0.1, 0.15) is 17.7 Å². The summed E-state index contributed by atoms with van der Waals surface area (Å²) in [7, 11) is 0. The van der Waals surface area contributed by atoms with Crippen molar-refractivity contribution in [1.82, 2.24) is 24.4 Å². The molecular weight excluding hydrogens is 325 g/mol. The molecule has 1 atom stereocenters. The molecule has 0 unspecified atom stereocenters. The molecule has 0 radical (unpaired) electrons. The van der Waals surface area contributed by atoms with Crippen molar-refractivity contribution in [2.24, 2.45) is 0 Å². The molecule has 7 nitrogen and oxygen atoms in total. The molecule has 0 spiro atoms. The van der Waals surface area contributed by atoms with Gasteiger partial charge in [-0.05, 0) is 24.1 Å². The summed E-state index contributed by atoms with van der Waals surface area (Å²) in [4.78, 5) is 37.2. The molecule has 1 amide bonds. The number of aromatic amines is 1. The molecule has 4 rings (SSSR count). The van der Waals surface area contributed by atoms with Crippen molar-refractivity contribution in [1.29, 1.82) is 0 Å². The van der Waals surface area contributed by atoms with Gasteiger partial charge in [-0.1, -0.05) is 12.1 Å². The monoisotopic (exact) mass is 341 g/mol.